The average Bonchev–Trinajstić information content (AvgIpc) is 3.43. The maximum atomic E-state index is 12.8. The highest BCUT2D eigenvalue weighted by Crippen LogP contribution is 2.14. The van der Waals surface area contributed by atoms with Crippen LogP contribution in [0.1, 0.15) is 128 Å². The van der Waals surface area contributed by atoms with Crippen LogP contribution < -0.4 is 22.1 Å². The van der Waals surface area contributed by atoms with Crippen LogP contribution in [-0.2, 0) is 14.4 Å². The lowest BCUT2D eigenvalue weighted by Gasteiger charge is -2.24. The summed E-state index contributed by atoms with van der Waals surface area (Å²) in [5, 5.41) is 6.04. The predicted octanol–water partition coefficient (Wildman–Crippen LogP) is 4.15. The largest absolute Gasteiger partial charge is 0.356 e. The van der Waals surface area contributed by atoms with Crippen molar-refractivity contribution in [3.05, 3.63) is 0 Å². The number of carbonyl (C=O) groups excluding carboxylic acids is 3. The van der Waals surface area contributed by atoms with E-state index in [0.717, 1.165) is 103 Å². The molecule has 6 N–H and O–H groups in total. The Balaban J connectivity index is 1.97. The number of nitrogens with two attached hydrogens (primary N) is 2. The molecule has 37 heavy (non-hydrogen) atoms. The predicted molar refractivity (Wildman–Crippen MR) is 152 cm³/mol. The molecular weight excluding hydrogens is 466 g/mol. The summed E-state index contributed by atoms with van der Waals surface area (Å²) >= 11 is 0. The lowest BCUT2D eigenvalue weighted by Crippen LogP contribution is -2.47. The van der Waals surface area contributed by atoms with Gasteiger partial charge in [0.15, 0.2) is 0 Å². The van der Waals surface area contributed by atoms with Crippen molar-refractivity contribution in [2.75, 3.05) is 32.7 Å². The van der Waals surface area contributed by atoms with Gasteiger partial charge in [0.2, 0.25) is 17.7 Å². The number of likely N-dealkylation sites (tertiary alicyclic amines) is 1. The first kappa shape index (κ1) is 33.4. The summed E-state index contributed by atoms with van der Waals surface area (Å²) in [7, 11) is 0. The maximum Gasteiger partial charge on any atom is 0.245 e. The molecule has 0 aromatic heterocycles. The maximum absolute atomic E-state index is 12.8. The van der Waals surface area contributed by atoms with Gasteiger partial charge in [-0.25, -0.2) is 0 Å². The molecule has 1 heterocycles. The van der Waals surface area contributed by atoms with E-state index in [1.165, 1.54) is 32.1 Å². The summed E-state index contributed by atoms with van der Waals surface area (Å²) in [4.78, 5) is 38.9. The van der Waals surface area contributed by atoms with Crippen molar-refractivity contribution in [3.63, 3.8) is 0 Å². The van der Waals surface area contributed by atoms with E-state index >= 15 is 0 Å². The molecule has 8 heteroatoms. The van der Waals surface area contributed by atoms with Gasteiger partial charge in [0, 0.05) is 32.5 Å². The molecule has 1 fully saturated rings. The number of rotatable bonds is 24. The van der Waals surface area contributed by atoms with Crippen molar-refractivity contribution < 1.29 is 14.4 Å². The molecule has 216 valence electrons. The van der Waals surface area contributed by atoms with Crippen molar-refractivity contribution in [1.29, 1.82) is 0 Å². The Bertz CT molecular complexity index is 596. The van der Waals surface area contributed by atoms with Crippen LogP contribution in [0.15, 0.2) is 0 Å². The van der Waals surface area contributed by atoms with Gasteiger partial charge >= 0.3 is 0 Å². The van der Waals surface area contributed by atoms with Gasteiger partial charge in [0.05, 0.1) is 0 Å². The molecule has 0 aromatic carbocycles. The number of nitrogens with zero attached hydrogens (tertiary/aromatic N) is 1. The third-order valence-corrected chi connectivity index (χ3v) is 7.26. The first-order valence-electron chi connectivity index (χ1n) is 15.3. The minimum Gasteiger partial charge on any atom is -0.356 e. The van der Waals surface area contributed by atoms with Crippen LogP contribution in [0.2, 0.25) is 0 Å². The van der Waals surface area contributed by atoms with E-state index in [0.29, 0.717) is 25.8 Å². The molecule has 0 unspecified atom stereocenters. The van der Waals surface area contributed by atoms with Crippen molar-refractivity contribution in [3.8, 4) is 0 Å². The Morgan fingerprint density at radius 3 is 1.70 bits per heavy atom. The number of carbonyl (C=O) groups is 3. The lowest BCUT2D eigenvalue weighted by atomic mass is 10.1. The topological polar surface area (TPSA) is 131 Å². The molecule has 1 atom stereocenters. The molecule has 8 nitrogen and oxygen atoms in total. The van der Waals surface area contributed by atoms with Crippen LogP contribution in [0.3, 0.4) is 0 Å². The van der Waals surface area contributed by atoms with Gasteiger partial charge in [0.1, 0.15) is 6.04 Å². The third-order valence-electron chi connectivity index (χ3n) is 7.26. The molecule has 3 amide bonds. The molecule has 0 spiro atoms. The fraction of sp³-hybridized carbons (Fsp3) is 0.897. The standard InChI is InChI=1S/C29H57N5O3/c30-21-13-8-7-10-19-27(35)32-23-15-9-5-3-1-2-4-6-11-20-28(36)33-26(18-12-14-22-31)29(37)34-24-16-17-25-34/h26H,1-25,30-31H2,(H,32,35)(H,33,36)/t26-/m0/s1. The number of hydrogen-bond acceptors (Lipinski definition) is 5. The Labute approximate surface area is 226 Å². The summed E-state index contributed by atoms with van der Waals surface area (Å²) < 4.78 is 0. The van der Waals surface area contributed by atoms with Crippen LogP contribution in [0.25, 0.3) is 0 Å². The number of hydrogen-bond donors (Lipinski definition) is 4. The third kappa shape index (κ3) is 18.3. The van der Waals surface area contributed by atoms with Crippen LogP contribution >= 0.6 is 0 Å². The summed E-state index contributed by atoms with van der Waals surface area (Å²) in [6, 6.07) is -0.392. The highest BCUT2D eigenvalue weighted by Gasteiger charge is 2.27. The second-order valence-electron chi connectivity index (χ2n) is 10.7. The van der Waals surface area contributed by atoms with Gasteiger partial charge in [-0.3, -0.25) is 14.4 Å². The van der Waals surface area contributed by atoms with E-state index < -0.39 is 6.04 Å². The van der Waals surface area contributed by atoms with Gasteiger partial charge in [-0.2, -0.15) is 0 Å². The second kappa shape index (κ2) is 23.4. The minimum absolute atomic E-state index is 0.00369. The van der Waals surface area contributed by atoms with E-state index in [-0.39, 0.29) is 17.7 Å². The molecule has 1 aliphatic rings. The van der Waals surface area contributed by atoms with Crippen LogP contribution in [0.4, 0.5) is 0 Å². The molecule has 0 bridgehead atoms. The highest BCUT2D eigenvalue weighted by atomic mass is 16.2. The summed E-state index contributed by atoms with van der Waals surface area (Å²) in [6.45, 7) is 3.78. The van der Waals surface area contributed by atoms with E-state index in [1.54, 1.807) is 0 Å². The zero-order valence-electron chi connectivity index (χ0n) is 23.6. The number of amides is 3. The average molecular weight is 524 g/mol. The second-order valence-corrected chi connectivity index (χ2v) is 10.7. The van der Waals surface area contributed by atoms with Gasteiger partial charge in [-0.1, -0.05) is 57.8 Å². The molecule has 1 aliphatic heterocycles. The van der Waals surface area contributed by atoms with Gasteiger partial charge in [-0.15, -0.1) is 0 Å². The Kier molecular flexibility index (Phi) is 21.1. The first-order valence-corrected chi connectivity index (χ1v) is 15.3. The zero-order valence-corrected chi connectivity index (χ0v) is 23.6. The Morgan fingerprint density at radius 1 is 0.622 bits per heavy atom. The Hall–Kier alpha value is -1.67. The lowest BCUT2D eigenvalue weighted by molar-refractivity contribution is -0.135. The molecular formula is C29H57N5O3. The molecule has 0 aliphatic carbocycles. The van der Waals surface area contributed by atoms with Crippen LogP contribution in [0.5, 0.6) is 0 Å². The van der Waals surface area contributed by atoms with E-state index in [9.17, 15) is 14.4 Å². The fourth-order valence-corrected chi connectivity index (χ4v) is 4.92. The quantitative estimate of drug-likeness (QED) is 0.141. The number of unbranched alkanes of at least 4 members (excludes halogenated alkanes) is 12. The Morgan fingerprint density at radius 2 is 1.11 bits per heavy atom. The SMILES string of the molecule is NCCCCCCC(=O)NCCCCCCCCCCCC(=O)N[C@@H](CCCCN)C(=O)N1CCCC1. The van der Waals surface area contributed by atoms with Crippen LogP contribution in [-0.4, -0.2) is 61.4 Å². The summed E-state index contributed by atoms with van der Waals surface area (Å²) in [5.74, 6) is 0.269. The zero-order chi connectivity index (χ0) is 27.0. The van der Waals surface area contributed by atoms with E-state index in [1.807, 2.05) is 4.90 Å². The molecule has 0 aromatic rings. The first-order chi connectivity index (χ1) is 18.1. The van der Waals surface area contributed by atoms with Crippen molar-refractivity contribution >= 4 is 17.7 Å². The highest BCUT2D eigenvalue weighted by molar-refractivity contribution is 5.87. The van der Waals surface area contributed by atoms with E-state index in [2.05, 4.69) is 10.6 Å². The fourth-order valence-electron chi connectivity index (χ4n) is 4.92. The molecule has 1 saturated heterocycles. The monoisotopic (exact) mass is 523 g/mol. The molecule has 1 rings (SSSR count). The minimum atomic E-state index is -0.392. The molecule has 0 saturated carbocycles. The van der Waals surface area contributed by atoms with Crippen molar-refractivity contribution in [2.24, 2.45) is 11.5 Å². The van der Waals surface area contributed by atoms with Crippen molar-refractivity contribution in [2.45, 2.75) is 134 Å². The van der Waals surface area contributed by atoms with Gasteiger partial charge < -0.3 is 27.0 Å². The van der Waals surface area contributed by atoms with Gasteiger partial charge in [0.25, 0.3) is 0 Å². The van der Waals surface area contributed by atoms with Gasteiger partial charge in [-0.05, 0) is 70.9 Å². The summed E-state index contributed by atoms with van der Waals surface area (Å²) in [6.07, 6.45) is 20.1. The summed E-state index contributed by atoms with van der Waals surface area (Å²) in [5.41, 5.74) is 11.1. The van der Waals surface area contributed by atoms with Crippen LogP contribution in [0, 0.1) is 0 Å². The normalized spacial score (nSPS) is 14.1. The smallest absolute Gasteiger partial charge is 0.245 e. The van der Waals surface area contributed by atoms with Crippen molar-refractivity contribution in [1.82, 2.24) is 15.5 Å². The van der Waals surface area contributed by atoms with E-state index in [4.69, 9.17) is 11.5 Å². The molecule has 0 radical (unpaired) electrons. The number of nitrogens with one attached hydrogen (secondary N) is 2.